The van der Waals surface area contributed by atoms with Crippen LogP contribution in [0.15, 0.2) is 42.6 Å². The molecule has 2 nitrogen and oxygen atoms in total. The third kappa shape index (κ3) is 7.55. The predicted octanol–water partition coefficient (Wildman–Crippen LogP) is 6.78. The summed E-state index contributed by atoms with van der Waals surface area (Å²) in [7, 11) is 0. The van der Waals surface area contributed by atoms with Crippen LogP contribution in [0.1, 0.15) is 64.4 Å². The maximum atomic E-state index is 12.8. The van der Waals surface area contributed by atoms with Gasteiger partial charge in [0.2, 0.25) is 0 Å². The number of aryl methyl sites for hydroxylation is 1. The molecule has 2 aromatic rings. The van der Waals surface area contributed by atoms with Gasteiger partial charge in [0.1, 0.15) is 5.75 Å². The van der Waals surface area contributed by atoms with E-state index in [1.165, 1.54) is 25.7 Å². The first-order chi connectivity index (χ1) is 12.7. The van der Waals surface area contributed by atoms with Crippen molar-refractivity contribution in [2.75, 3.05) is 6.61 Å². The third-order valence-corrected chi connectivity index (χ3v) is 4.56. The van der Waals surface area contributed by atoms with Gasteiger partial charge in [-0.3, -0.25) is 4.98 Å². The molecule has 0 N–H and O–H groups in total. The minimum absolute atomic E-state index is 0.613. The van der Waals surface area contributed by atoms with E-state index < -0.39 is 6.17 Å². The first-order valence-electron chi connectivity index (χ1n) is 10.0. The van der Waals surface area contributed by atoms with Crippen molar-refractivity contribution in [2.24, 2.45) is 0 Å². The van der Waals surface area contributed by atoms with Crippen molar-refractivity contribution in [2.45, 2.75) is 71.4 Å². The van der Waals surface area contributed by atoms with Crippen molar-refractivity contribution in [3.05, 3.63) is 48.2 Å². The molecule has 1 aromatic heterocycles. The number of ether oxygens (including phenoxy) is 1. The van der Waals surface area contributed by atoms with Gasteiger partial charge in [-0.15, -0.1) is 0 Å². The minimum atomic E-state index is -0.723. The summed E-state index contributed by atoms with van der Waals surface area (Å²) in [6, 6.07) is 12.3. The van der Waals surface area contributed by atoms with Crippen LogP contribution < -0.4 is 4.74 Å². The number of hydrogen-bond acceptors (Lipinski definition) is 2. The molecule has 1 heterocycles. The van der Waals surface area contributed by atoms with Crippen LogP contribution in [0.4, 0.5) is 4.39 Å². The van der Waals surface area contributed by atoms with Gasteiger partial charge in [-0.1, -0.05) is 38.7 Å². The van der Waals surface area contributed by atoms with Gasteiger partial charge in [-0.05, 0) is 68.5 Å². The molecule has 2 rings (SSSR count). The van der Waals surface area contributed by atoms with Crippen LogP contribution in [0.5, 0.6) is 5.75 Å². The standard InChI is InChI=1S/C23H32FNO/c1-3-4-5-6-7-17-26-22-14-12-21(13-15-22)23-16-11-20(18-25-23)10-8-9-19(2)24/h11-16,18-19H,3-10,17H2,1-2H3. The van der Waals surface area contributed by atoms with Crippen LogP contribution in [0.25, 0.3) is 11.3 Å². The molecule has 0 aliphatic heterocycles. The second-order valence-corrected chi connectivity index (χ2v) is 7.01. The molecule has 142 valence electrons. The molecule has 1 aromatic carbocycles. The Morgan fingerprint density at radius 1 is 0.962 bits per heavy atom. The average molecular weight is 358 g/mol. The van der Waals surface area contributed by atoms with E-state index in [1.807, 2.05) is 24.4 Å². The van der Waals surface area contributed by atoms with Crippen molar-refractivity contribution in [1.82, 2.24) is 4.98 Å². The van der Waals surface area contributed by atoms with Gasteiger partial charge in [0.25, 0.3) is 0 Å². The van der Waals surface area contributed by atoms with Crippen LogP contribution in [-0.2, 0) is 6.42 Å². The van der Waals surface area contributed by atoms with Gasteiger partial charge >= 0.3 is 0 Å². The van der Waals surface area contributed by atoms with Gasteiger partial charge in [-0.25, -0.2) is 4.39 Å². The van der Waals surface area contributed by atoms with E-state index >= 15 is 0 Å². The largest absolute Gasteiger partial charge is 0.494 e. The van der Waals surface area contributed by atoms with Gasteiger partial charge in [0.05, 0.1) is 18.5 Å². The number of benzene rings is 1. The summed E-state index contributed by atoms with van der Waals surface area (Å²) < 4.78 is 18.7. The highest BCUT2D eigenvalue weighted by atomic mass is 19.1. The molecule has 0 spiro atoms. The van der Waals surface area contributed by atoms with Crippen molar-refractivity contribution in [3.63, 3.8) is 0 Å². The molecule has 0 bridgehead atoms. The van der Waals surface area contributed by atoms with Gasteiger partial charge in [-0.2, -0.15) is 0 Å². The van der Waals surface area contributed by atoms with Gasteiger partial charge < -0.3 is 4.74 Å². The van der Waals surface area contributed by atoms with Crippen LogP contribution in [0.3, 0.4) is 0 Å². The number of rotatable bonds is 12. The SMILES string of the molecule is CCCCCCCOc1ccc(-c2ccc(CCCC(C)F)cn2)cc1. The number of nitrogens with zero attached hydrogens (tertiary/aromatic N) is 1. The van der Waals surface area contributed by atoms with Crippen molar-refractivity contribution in [1.29, 1.82) is 0 Å². The Balaban J connectivity index is 1.78. The number of halogens is 1. The van der Waals surface area contributed by atoms with E-state index in [0.717, 1.165) is 48.4 Å². The molecule has 3 heteroatoms. The Bertz CT molecular complexity index is 607. The monoisotopic (exact) mass is 357 g/mol. The lowest BCUT2D eigenvalue weighted by Crippen LogP contribution is -1.97. The van der Waals surface area contributed by atoms with E-state index in [2.05, 4.69) is 30.1 Å². The van der Waals surface area contributed by atoms with Crippen LogP contribution in [0.2, 0.25) is 0 Å². The molecule has 0 radical (unpaired) electrons. The maximum absolute atomic E-state index is 12.8. The quantitative estimate of drug-likeness (QED) is 0.391. The molecule has 1 unspecified atom stereocenters. The molecule has 1 atom stereocenters. The van der Waals surface area contributed by atoms with E-state index in [9.17, 15) is 4.39 Å². The number of pyridine rings is 1. The van der Waals surface area contributed by atoms with Crippen LogP contribution >= 0.6 is 0 Å². The van der Waals surface area contributed by atoms with E-state index in [0.29, 0.717) is 6.42 Å². The Hall–Kier alpha value is -1.90. The summed E-state index contributed by atoms with van der Waals surface area (Å²) in [6.45, 7) is 4.63. The van der Waals surface area contributed by atoms with Crippen LogP contribution in [0, 0.1) is 0 Å². The Kier molecular flexibility index (Phi) is 9.16. The fourth-order valence-electron chi connectivity index (χ4n) is 2.95. The molecule has 0 fully saturated rings. The highest BCUT2D eigenvalue weighted by Crippen LogP contribution is 2.21. The number of alkyl halides is 1. The van der Waals surface area contributed by atoms with Crippen molar-refractivity contribution >= 4 is 0 Å². The zero-order chi connectivity index (χ0) is 18.6. The fraction of sp³-hybridized carbons (Fsp3) is 0.522. The van der Waals surface area contributed by atoms with E-state index in [4.69, 9.17) is 4.74 Å². The second-order valence-electron chi connectivity index (χ2n) is 7.01. The normalized spacial score (nSPS) is 12.1. The Morgan fingerprint density at radius 3 is 2.38 bits per heavy atom. The molecule has 26 heavy (non-hydrogen) atoms. The maximum Gasteiger partial charge on any atom is 0.119 e. The smallest absolute Gasteiger partial charge is 0.119 e. The number of aromatic nitrogens is 1. The van der Waals surface area contributed by atoms with E-state index in [1.54, 1.807) is 6.92 Å². The van der Waals surface area contributed by atoms with Gasteiger partial charge in [0.15, 0.2) is 0 Å². The lowest BCUT2D eigenvalue weighted by atomic mass is 10.1. The van der Waals surface area contributed by atoms with Gasteiger partial charge in [0, 0.05) is 11.8 Å². The highest BCUT2D eigenvalue weighted by molar-refractivity contribution is 5.60. The molecule has 0 aliphatic carbocycles. The molecular formula is C23H32FNO. The topological polar surface area (TPSA) is 22.1 Å². The first-order valence-corrected chi connectivity index (χ1v) is 10.0. The first kappa shape index (κ1) is 20.4. The number of hydrogen-bond donors (Lipinski definition) is 0. The van der Waals surface area contributed by atoms with Crippen molar-refractivity contribution < 1.29 is 9.13 Å². The molecular weight excluding hydrogens is 325 g/mol. The summed E-state index contributed by atoms with van der Waals surface area (Å²) in [5.41, 5.74) is 3.21. The lowest BCUT2D eigenvalue weighted by molar-refractivity contribution is 0.304. The lowest BCUT2D eigenvalue weighted by Gasteiger charge is -2.08. The van der Waals surface area contributed by atoms with Crippen molar-refractivity contribution in [3.8, 4) is 17.0 Å². The summed E-state index contributed by atoms with van der Waals surface area (Å²) in [5, 5.41) is 0. The summed E-state index contributed by atoms with van der Waals surface area (Å²) in [5.74, 6) is 0.918. The highest BCUT2D eigenvalue weighted by Gasteiger charge is 2.03. The second kappa shape index (κ2) is 11.7. The summed E-state index contributed by atoms with van der Waals surface area (Å²) in [6.07, 6.45) is 9.78. The fourth-order valence-corrected chi connectivity index (χ4v) is 2.95. The zero-order valence-corrected chi connectivity index (χ0v) is 16.2. The molecule has 0 aliphatic rings. The zero-order valence-electron chi connectivity index (χ0n) is 16.2. The summed E-state index contributed by atoms with van der Waals surface area (Å²) >= 11 is 0. The Labute approximate surface area is 157 Å². The van der Waals surface area contributed by atoms with Crippen LogP contribution in [-0.4, -0.2) is 17.8 Å². The average Bonchev–Trinajstić information content (AvgIpc) is 2.65. The molecule has 0 saturated heterocycles. The predicted molar refractivity (Wildman–Crippen MR) is 107 cm³/mol. The minimum Gasteiger partial charge on any atom is -0.494 e. The summed E-state index contributed by atoms with van der Waals surface area (Å²) in [4.78, 5) is 4.55. The molecule has 0 saturated carbocycles. The molecule has 0 amide bonds. The Morgan fingerprint density at radius 2 is 1.73 bits per heavy atom. The third-order valence-electron chi connectivity index (χ3n) is 4.56. The van der Waals surface area contributed by atoms with E-state index in [-0.39, 0.29) is 0 Å². The number of unbranched alkanes of at least 4 members (excludes halogenated alkanes) is 4.